The van der Waals surface area contributed by atoms with Gasteiger partial charge in [0.2, 0.25) is 10.0 Å². The van der Waals surface area contributed by atoms with Crippen LogP contribution in [0.3, 0.4) is 0 Å². The third kappa shape index (κ3) is 2.59. The maximum Gasteiger partial charge on any atom is 0.219 e. The quantitative estimate of drug-likeness (QED) is 0.754. The number of nitrogens with zero attached hydrogens (tertiary/aromatic N) is 1. The topological polar surface area (TPSA) is 37.4 Å². The van der Waals surface area contributed by atoms with Crippen molar-refractivity contribution in [3.8, 4) is 0 Å². The van der Waals surface area contributed by atoms with Crippen LogP contribution in [0.15, 0.2) is 0 Å². The van der Waals surface area contributed by atoms with E-state index in [-0.39, 0.29) is 5.41 Å². The van der Waals surface area contributed by atoms with Gasteiger partial charge in [-0.1, -0.05) is 20.8 Å². The van der Waals surface area contributed by atoms with E-state index in [0.717, 1.165) is 0 Å². The minimum atomic E-state index is -3.28. The van der Waals surface area contributed by atoms with E-state index in [0.29, 0.717) is 0 Å². The van der Waals surface area contributed by atoms with Gasteiger partial charge in [0, 0.05) is 12.6 Å². The van der Waals surface area contributed by atoms with Crippen LogP contribution in [0.4, 0.5) is 0 Å². The van der Waals surface area contributed by atoms with Gasteiger partial charge in [-0.2, -0.15) is 4.31 Å². The molecule has 3 nitrogen and oxygen atoms in total. The Kier molecular flexibility index (Phi) is 3.96. The molecule has 0 atom stereocenters. The Hall–Kier alpha value is -0.0900. The van der Waals surface area contributed by atoms with Gasteiger partial charge in [0.05, 0.1) is 4.75 Å². The van der Waals surface area contributed by atoms with Crippen molar-refractivity contribution in [1.29, 1.82) is 0 Å². The molecule has 0 aromatic carbocycles. The van der Waals surface area contributed by atoms with Gasteiger partial charge in [-0.15, -0.1) is 0 Å². The number of hydrogen-bond donors (Lipinski definition) is 0. The normalized spacial score (nSPS) is 15.6. The van der Waals surface area contributed by atoms with Crippen molar-refractivity contribution in [2.24, 2.45) is 5.41 Å². The fourth-order valence-corrected chi connectivity index (χ4v) is 2.88. The van der Waals surface area contributed by atoms with Crippen LogP contribution >= 0.6 is 0 Å². The van der Waals surface area contributed by atoms with Crippen molar-refractivity contribution in [3.05, 3.63) is 0 Å². The van der Waals surface area contributed by atoms with Crippen molar-refractivity contribution in [2.75, 3.05) is 7.05 Å². The van der Waals surface area contributed by atoms with Crippen molar-refractivity contribution >= 4 is 10.0 Å². The predicted octanol–water partition coefficient (Wildman–Crippen LogP) is 2.87. The third-order valence-electron chi connectivity index (χ3n) is 3.76. The minimum absolute atomic E-state index is 0.111. The highest BCUT2D eigenvalue weighted by Crippen LogP contribution is 2.38. The zero-order valence-corrected chi connectivity index (χ0v) is 13.0. The average molecular weight is 249 g/mol. The molecule has 0 bridgehead atoms. The van der Waals surface area contributed by atoms with E-state index < -0.39 is 20.3 Å². The summed E-state index contributed by atoms with van der Waals surface area (Å²) in [5.41, 5.74) is -0.529. The lowest BCUT2D eigenvalue weighted by molar-refractivity contribution is 0.106. The summed E-state index contributed by atoms with van der Waals surface area (Å²) in [6.07, 6.45) is 0. The molecule has 0 rings (SSSR count). The zero-order valence-electron chi connectivity index (χ0n) is 12.2. The van der Waals surface area contributed by atoms with Gasteiger partial charge in [-0.05, 0) is 40.0 Å². The Morgan fingerprint density at radius 2 is 1.12 bits per heavy atom. The Morgan fingerprint density at radius 1 is 0.812 bits per heavy atom. The first-order valence-electron chi connectivity index (χ1n) is 5.64. The van der Waals surface area contributed by atoms with Gasteiger partial charge in [-0.25, -0.2) is 8.42 Å². The fourth-order valence-electron chi connectivity index (χ4n) is 1.18. The fraction of sp³-hybridized carbons (Fsp3) is 1.00. The van der Waals surface area contributed by atoms with Crippen molar-refractivity contribution in [3.63, 3.8) is 0 Å². The van der Waals surface area contributed by atoms with Crippen LogP contribution in [0.25, 0.3) is 0 Å². The first kappa shape index (κ1) is 15.9. The molecular weight excluding hydrogens is 222 g/mol. The Morgan fingerprint density at radius 3 is 1.31 bits per heavy atom. The van der Waals surface area contributed by atoms with Gasteiger partial charge >= 0.3 is 0 Å². The van der Waals surface area contributed by atoms with E-state index in [4.69, 9.17) is 0 Å². The van der Waals surface area contributed by atoms with Crippen LogP contribution in [0, 0.1) is 5.41 Å². The molecule has 4 heteroatoms. The Labute approximate surface area is 101 Å². The lowest BCUT2D eigenvalue weighted by Gasteiger charge is -2.47. The summed E-state index contributed by atoms with van der Waals surface area (Å²) in [6.45, 7) is 15.3. The van der Waals surface area contributed by atoms with Crippen molar-refractivity contribution < 1.29 is 8.42 Å². The molecule has 0 unspecified atom stereocenters. The second kappa shape index (κ2) is 3.98. The number of sulfonamides is 1. The van der Waals surface area contributed by atoms with E-state index in [1.54, 1.807) is 27.8 Å². The SMILES string of the molecule is CN(C(C)(C)C(C)(C)C)S(=O)(=O)C(C)(C)C. The average Bonchev–Trinajstić information content (AvgIpc) is 1.98. The molecule has 0 N–H and O–H groups in total. The summed E-state index contributed by atoms with van der Waals surface area (Å²) in [6, 6.07) is 0. The van der Waals surface area contributed by atoms with Crippen molar-refractivity contribution in [2.45, 2.75) is 65.7 Å². The molecule has 0 radical (unpaired) electrons. The van der Waals surface area contributed by atoms with E-state index in [1.807, 2.05) is 13.8 Å². The summed E-state index contributed by atoms with van der Waals surface area (Å²) in [7, 11) is -1.61. The molecule has 98 valence electrons. The number of rotatable bonds is 2. The zero-order chi connectivity index (χ0) is 13.6. The molecule has 16 heavy (non-hydrogen) atoms. The predicted molar refractivity (Wildman–Crippen MR) is 70.0 cm³/mol. The first-order chi connectivity index (χ1) is 6.65. The first-order valence-corrected chi connectivity index (χ1v) is 7.08. The molecule has 0 saturated carbocycles. The molecule has 0 aliphatic rings. The minimum Gasteiger partial charge on any atom is -0.212 e. The largest absolute Gasteiger partial charge is 0.219 e. The Bertz CT molecular complexity index is 342. The van der Waals surface area contributed by atoms with E-state index >= 15 is 0 Å². The van der Waals surface area contributed by atoms with Crippen LogP contribution in [-0.4, -0.2) is 30.1 Å². The van der Waals surface area contributed by atoms with Gasteiger partial charge in [0.25, 0.3) is 0 Å². The highest BCUT2D eigenvalue weighted by atomic mass is 32.2. The number of hydrogen-bond acceptors (Lipinski definition) is 2. The molecule has 0 heterocycles. The van der Waals surface area contributed by atoms with Crippen LogP contribution in [0.5, 0.6) is 0 Å². The summed E-state index contributed by atoms with van der Waals surface area (Å²) < 4.78 is 25.5. The molecule has 0 aliphatic carbocycles. The van der Waals surface area contributed by atoms with Crippen LogP contribution in [0.2, 0.25) is 0 Å². The third-order valence-corrected chi connectivity index (χ3v) is 6.48. The molecular formula is C12H27NO2S. The molecule has 0 fully saturated rings. The van der Waals surface area contributed by atoms with Crippen molar-refractivity contribution in [1.82, 2.24) is 4.31 Å². The van der Waals surface area contributed by atoms with Gasteiger partial charge < -0.3 is 0 Å². The molecule has 0 aliphatic heterocycles. The molecule has 0 saturated heterocycles. The lowest BCUT2D eigenvalue weighted by Crippen LogP contribution is -2.56. The van der Waals surface area contributed by atoms with Gasteiger partial charge in [0.15, 0.2) is 0 Å². The summed E-state index contributed by atoms with van der Waals surface area (Å²) in [4.78, 5) is 0. The summed E-state index contributed by atoms with van der Waals surface area (Å²) in [5.74, 6) is 0. The maximum absolute atomic E-state index is 12.4. The maximum atomic E-state index is 12.4. The van der Waals surface area contributed by atoms with E-state index in [9.17, 15) is 8.42 Å². The monoisotopic (exact) mass is 249 g/mol. The highest BCUT2D eigenvalue weighted by Gasteiger charge is 2.45. The van der Waals surface area contributed by atoms with Gasteiger partial charge in [-0.3, -0.25) is 0 Å². The molecule has 0 amide bonds. The molecule has 0 aromatic heterocycles. The van der Waals surface area contributed by atoms with E-state index in [1.165, 1.54) is 4.31 Å². The highest BCUT2D eigenvalue weighted by molar-refractivity contribution is 7.90. The van der Waals surface area contributed by atoms with Gasteiger partial charge in [0.1, 0.15) is 0 Å². The van der Waals surface area contributed by atoms with Crippen LogP contribution < -0.4 is 0 Å². The van der Waals surface area contributed by atoms with E-state index in [2.05, 4.69) is 20.8 Å². The summed E-state index contributed by atoms with van der Waals surface area (Å²) in [5, 5.41) is 0. The molecule has 0 spiro atoms. The second-order valence-electron chi connectivity index (χ2n) is 6.89. The second-order valence-corrected chi connectivity index (χ2v) is 9.62. The van der Waals surface area contributed by atoms with Crippen LogP contribution in [-0.2, 0) is 10.0 Å². The molecule has 0 aromatic rings. The standard InChI is InChI=1S/C12H27NO2S/c1-10(2,3)12(7,8)13(9)16(14,15)11(4,5)6/h1-9H3. The smallest absolute Gasteiger partial charge is 0.212 e. The van der Waals surface area contributed by atoms with Crippen LogP contribution in [0.1, 0.15) is 55.4 Å². The lowest BCUT2D eigenvalue weighted by atomic mass is 9.76. The Balaban J connectivity index is 5.50. The summed E-state index contributed by atoms with van der Waals surface area (Å²) >= 11 is 0.